The Kier molecular flexibility index (Phi) is 6.26. The average Bonchev–Trinajstić information content (AvgIpc) is 3.34. The predicted molar refractivity (Wildman–Crippen MR) is 139 cm³/mol. The highest BCUT2D eigenvalue weighted by atomic mass is 19.1. The van der Waals surface area contributed by atoms with E-state index in [1.807, 2.05) is 11.8 Å². The number of nitrogens with zero attached hydrogens (tertiary/aromatic N) is 6. The van der Waals surface area contributed by atoms with Crippen molar-refractivity contribution >= 4 is 5.91 Å². The van der Waals surface area contributed by atoms with Gasteiger partial charge in [-0.25, -0.2) is 19.0 Å². The SMILES string of the molecule is Cc1c(C(=O)N2CCN([C@@H]3CCc4ccccc4C3)CC2)cnn1-c1nccc(-c2ccccc2F)n1. The van der Waals surface area contributed by atoms with Gasteiger partial charge in [-0.05, 0) is 55.5 Å². The maximum absolute atomic E-state index is 14.3. The van der Waals surface area contributed by atoms with E-state index in [1.54, 1.807) is 41.3 Å². The molecule has 0 spiro atoms. The predicted octanol–water partition coefficient (Wildman–Crippen LogP) is 4.09. The second-order valence-corrected chi connectivity index (χ2v) is 9.77. The van der Waals surface area contributed by atoms with Crippen LogP contribution >= 0.6 is 0 Å². The van der Waals surface area contributed by atoms with E-state index in [2.05, 4.69) is 44.2 Å². The number of benzene rings is 2. The molecule has 3 heterocycles. The maximum Gasteiger partial charge on any atom is 0.257 e. The number of rotatable bonds is 4. The smallest absolute Gasteiger partial charge is 0.257 e. The first-order valence-corrected chi connectivity index (χ1v) is 12.8. The van der Waals surface area contributed by atoms with Gasteiger partial charge >= 0.3 is 0 Å². The van der Waals surface area contributed by atoms with Crippen molar-refractivity contribution < 1.29 is 9.18 Å². The molecule has 0 bridgehead atoms. The summed E-state index contributed by atoms with van der Waals surface area (Å²) in [5.74, 6) is -0.0702. The third-order valence-electron chi connectivity index (χ3n) is 7.66. The molecule has 1 amide bonds. The van der Waals surface area contributed by atoms with Crippen LogP contribution < -0.4 is 0 Å². The third-order valence-corrected chi connectivity index (χ3v) is 7.66. The maximum atomic E-state index is 14.3. The van der Waals surface area contributed by atoms with E-state index >= 15 is 0 Å². The van der Waals surface area contributed by atoms with Gasteiger partial charge in [0.25, 0.3) is 11.9 Å². The molecule has 2 aromatic heterocycles. The van der Waals surface area contributed by atoms with Gasteiger partial charge in [-0.2, -0.15) is 5.10 Å². The lowest BCUT2D eigenvalue weighted by molar-refractivity contribution is 0.0552. The number of hydrogen-bond donors (Lipinski definition) is 0. The van der Waals surface area contributed by atoms with E-state index in [9.17, 15) is 9.18 Å². The van der Waals surface area contributed by atoms with Crippen molar-refractivity contribution in [1.29, 1.82) is 0 Å². The van der Waals surface area contributed by atoms with Crippen LogP contribution in [0, 0.1) is 12.7 Å². The van der Waals surface area contributed by atoms with Crippen LogP contribution in [0.4, 0.5) is 4.39 Å². The number of hydrogen-bond acceptors (Lipinski definition) is 5. The number of piperazine rings is 1. The molecule has 188 valence electrons. The van der Waals surface area contributed by atoms with Gasteiger partial charge in [-0.15, -0.1) is 0 Å². The van der Waals surface area contributed by atoms with Gasteiger partial charge in [-0.1, -0.05) is 36.4 Å². The molecule has 1 aliphatic heterocycles. The van der Waals surface area contributed by atoms with E-state index in [1.165, 1.54) is 23.6 Å². The molecule has 8 heteroatoms. The monoisotopic (exact) mass is 496 g/mol. The molecule has 0 radical (unpaired) electrons. The Morgan fingerprint density at radius 2 is 1.73 bits per heavy atom. The van der Waals surface area contributed by atoms with Crippen molar-refractivity contribution in [3.8, 4) is 17.2 Å². The molecule has 1 aliphatic carbocycles. The number of carbonyl (C=O) groups is 1. The molecule has 1 fully saturated rings. The Balaban J connectivity index is 1.14. The first kappa shape index (κ1) is 23.5. The highest BCUT2D eigenvalue weighted by Gasteiger charge is 2.30. The van der Waals surface area contributed by atoms with Crippen LogP contribution in [0.3, 0.4) is 0 Å². The number of carbonyl (C=O) groups excluding carboxylic acids is 1. The van der Waals surface area contributed by atoms with Crippen LogP contribution in [0.25, 0.3) is 17.2 Å². The number of halogens is 1. The highest BCUT2D eigenvalue weighted by molar-refractivity contribution is 5.95. The summed E-state index contributed by atoms with van der Waals surface area (Å²) in [4.78, 5) is 26.7. The van der Waals surface area contributed by atoms with Crippen LogP contribution in [-0.2, 0) is 12.8 Å². The largest absolute Gasteiger partial charge is 0.336 e. The summed E-state index contributed by atoms with van der Waals surface area (Å²) in [6.45, 7) is 4.98. The van der Waals surface area contributed by atoms with Crippen LogP contribution in [0.5, 0.6) is 0 Å². The first-order chi connectivity index (χ1) is 18.1. The first-order valence-electron chi connectivity index (χ1n) is 12.8. The van der Waals surface area contributed by atoms with E-state index in [4.69, 9.17) is 0 Å². The van der Waals surface area contributed by atoms with Gasteiger partial charge in [0.15, 0.2) is 0 Å². The molecule has 2 aliphatic rings. The summed E-state index contributed by atoms with van der Waals surface area (Å²) in [6.07, 6.45) is 6.54. The molecule has 1 atom stereocenters. The number of aryl methyl sites for hydroxylation is 1. The van der Waals surface area contributed by atoms with Gasteiger partial charge in [-0.3, -0.25) is 9.69 Å². The number of amides is 1. The van der Waals surface area contributed by atoms with Gasteiger partial charge in [0.05, 0.1) is 23.1 Å². The van der Waals surface area contributed by atoms with E-state index in [0.29, 0.717) is 47.6 Å². The van der Waals surface area contributed by atoms with Gasteiger partial charge in [0.1, 0.15) is 5.82 Å². The average molecular weight is 497 g/mol. The Hall–Kier alpha value is -3.91. The summed E-state index contributed by atoms with van der Waals surface area (Å²) >= 11 is 0. The zero-order chi connectivity index (χ0) is 25.4. The molecule has 1 saturated heterocycles. The fraction of sp³-hybridized carbons (Fsp3) is 0.310. The third kappa shape index (κ3) is 4.53. The topological polar surface area (TPSA) is 67.2 Å². The molecule has 0 N–H and O–H groups in total. The van der Waals surface area contributed by atoms with E-state index < -0.39 is 0 Å². The van der Waals surface area contributed by atoms with Crippen LogP contribution in [-0.4, -0.2) is 67.7 Å². The van der Waals surface area contributed by atoms with Crippen molar-refractivity contribution in [2.45, 2.75) is 32.2 Å². The normalized spacial score (nSPS) is 18.0. The number of aromatic nitrogens is 4. The van der Waals surface area contributed by atoms with Crippen LogP contribution in [0.15, 0.2) is 67.0 Å². The minimum atomic E-state index is -0.350. The van der Waals surface area contributed by atoms with Crippen molar-refractivity contribution in [2.75, 3.05) is 26.2 Å². The molecular weight excluding hydrogens is 467 g/mol. The highest BCUT2D eigenvalue weighted by Crippen LogP contribution is 2.26. The summed E-state index contributed by atoms with van der Waals surface area (Å²) < 4.78 is 15.8. The van der Waals surface area contributed by atoms with E-state index in [-0.39, 0.29) is 11.7 Å². The molecule has 6 rings (SSSR count). The lowest BCUT2D eigenvalue weighted by Crippen LogP contribution is -2.53. The van der Waals surface area contributed by atoms with Gasteiger partial charge < -0.3 is 4.90 Å². The van der Waals surface area contributed by atoms with E-state index in [0.717, 1.165) is 25.9 Å². The molecule has 0 saturated carbocycles. The second-order valence-electron chi connectivity index (χ2n) is 9.77. The van der Waals surface area contributed by atoms with Gasteiger partial charge in [0.2, 0.25) is 0 Å². The van der Waals surface area contributed by atoms with Crippen molar-refractivity contribution in [3.05, 3.63) is 95.2 Å². The Bertz CT molecular complexity index is 1440. The summed E-state index contributed by atoms with van der Waals surface area (Å²) in [7, 11) is 0. The van der Waals surface area contributed by atoms with Crippen molar-refractivity contribution in [1.82, 2.24) is 29.5 Å². The Morgan fingerprint density at radius 3 is 2.54 bits per heavy atom. The summed E-state index contributed by atoms with van der Waals surface area (Å²) in [6, 6.07) is 17.4. The standard InChI is InChI=1S/C29H29FN6O/c1-20-25(19-32-36(20)29-31-13-12-27(33-29)24-8-4-5-9-26(24)30)28(37)35-16-14-34(15-17-35)23-11-10-21-6-2-3-7-22(21)18-23/h2-9,12-13,19,23H,10-11,14-18H2,1H3/t23-/m1/s1. The van der Waals surface area contributed by atoms with Crippen molar-refractivity contribution in [3.63, 3.8) is 0 Å². The minimum Gasteiger partial charge on any atom is -0.336 e. The van der Waals surface area contributed by atoms with Crippen LogP contribution in [0.2, 0.25) is 0 Å². The Labute approximate surface area is 215 Å². The fourth-order valence-electron chi connectivity index (χ4n) is 5.54. The molecular formula is C29H29FN6O. The lowest BCUT2D eigenvalue weighted by atomic mass is 9.87. The zero-order valence-electron chi connectivity index (χ0n) is 20.8. The molecule has 7 nitrogen and oxygen atoms in total. The molecule has 4 aromatic rings. The zero-order valence-corrected chi connectivity index (χ0v) is 20.8. The second kappa shape index (κ2) is 9.86. The molecule has 37 heavy (non-hydrogen) atoms. The molecule has 2 aromatic carbocycles. The molecule has 0 unspecified atom stereocenters. The fourth-order valence-corrected chi connectivity index (χ4v) is 5.54. The Morgan fingerprint density at radius 1 is 0.973 bits per heavy atom. The summed E-state index contributed by atoms with van der Waals surface area (Å²) in [5, 5.41) is 4.41. The minimum absolute atomic E-state index is 0.0253. The van der Waals surface area contributed by atoms with Gasteiger partial charge in [0, 0.05) is 44.0 Å². The number of fused-ring (bicyclic) bond motifs is 1. The van der Waals surface area contributed by atoms with Crippen molar-refractivity contribution in [2.24, 2.45) is 0 Å². The van der Waals surface area contributed by atoms with Crippen LogP contribution in [0.1, 0.15) is 33.6 Å². The summed E-state index contributed by atoms with van der Waals surface area (Å²) in [5.41, 5.74) is 5.01. The lowest BCUT2D eigenvalue weighted by Gasteiger charge is -2.41. The quantitative estimate of drug-likeness (QED) is 0.426.